The predicted molar refractivity (Wildman–Crippen MR) is 45.8 cm³/mol. The Bertz CT molecular complexity index is 223. The minimum atomic E-state index is -1.10. The van der Waals surface area contributed by atoms with E-state index in [0.29, 0.717) is 5.56 Å². The van der Waals surface area contributed by atoms with Crippen molar-refractivity contribution in [3.63, 3.8) is 0 Å². The third-order valence-corrected chi connectivity index (χ3v) is 2.26. The summed E-state index contributed by atoms with van der Waals surface area (Å²) in [6.45, 7) is 0. The van der Waals surface area contributed by atoms with Crippen molar-refractivity contribution in [3.05, 3.63) is 34.3 Å². The fourth-order valence-electron chi connectivity index (χ4n) is 0.599. The normalized spacial score (nSPS) is 13.1. The van der Waals surface area contributed by atoms with Crippen molar-refractivity contribution in [2.75, 3.05) is 0 Å². The molecule has 3 heteroatoms. The summed E-state index contributed by atoms with van der Waals surface area (Å²) in [6, 6.07) is 7.85. The van der Waals surface area contributed by atoms with Crippen molar-refractivity contribution < 1.29 is 4.39 Å². The maximum Gasteiger partial charge on any atom is 0.181 e. The monoisotopic (exact) mass is 265 g/mol. The number of alkyl halides is 2. The lowest BCUT2D eigenvalue weighted by Crippen LogP contribution is -1.82. The Labute approximate surface area is 75.7 Å². The molecule has 0 aliphatic rings. The summed E-state index contributed by atoms with van der Waals surface area (Å²) in [5.74, 6) is 0. The zero-order chi connectivity index (χ0) is 7.56. The first kappa shape index (κ1) is 8.21. The van der Waals surface area contributed by atoms with Crippen LogP contribution in [-0.2, 0) is 0 Å². The van der Waals surface area contributed by atoms with Crippen molar-refractivity contribution >= 4 is 31.9 Å². The molecule has 0 fully saturated rings. The lowest BCUT2D eigenvalue weighted by atomic mass is 10.2. The van der Waals surface area contributed by atoms with Gasteiger partial charge in [0.25, 0.3) is 0 Å². The molecular weight excluding hydrogens is 263 g/mol. The molecule has 1 rings (SSSR count). The standard InChI is InChI=1S/C7H4Br2F/c8-6-4-2-1-3-5(6)7(9)10/h1,3-4,7H. The van der Waals surface area contributed by atoms with Crippen LogP contribution in [-0.4, -0.2) is 0 Å². The van der Waals surface area contributed by atoms with Crippen LogP contribution in [0.1, 0.15) is 10.6 Å². The van der Waals surface area contributed by atoms with E-state index in [4.69, 9.17) is 0 Å². The molecule has 0 saturated carbocycles. The maximum atomic E-state index is 12.6. The van der Waals surface area contributed by atoms with Gasteiger partial charge in [-0.1, -0.05) is 28.1 Å². The van der Waals surface area contributed by atoms with Gasteiger partial charge >= 0.3 is 0 Å². The van der Waals surface area contributed by atoms with Crippen LogP contribution >= 0.6 is 31.9 Å². The van der Waals surface area contributed by atoms with E-state index in [1.807, 2.05) is 0 Å². The molecule has 1 aromatic carbocycles. The Hall–Kier alpha value is 0.110. The first-order valence-corrected chi connectivity index (χ1v) is 4.36. The van der Waals surface area contributed by atoms with Gasteiger partial charge in [-0.3, -0.25) is 0 Å². The Morgan fingerprint density at radius 3 is 2.70 bits per heavy atom. The lowest BCUT2D eigenvalue weighted by molar-refractivity contribution is 0.477. The van der Waals surface area contributed by atoms with E-state index in [0.717, 1.165) is 4.47 Å². The maximum absolute atomic E-state index is 12.6. The zero-order valence-electron chi connectivity index (χ0n) is 4.94. The van der Waals surface area contributed by atoms with Crippen molar-refractivity contribution in [1.29, 1.82) is 0 Å². The summed E-state index contributed by atoms with van der Waals surface area (Å²) >= 11 is 6.02. The Kier molecular flexibility index (Phi) is 2.86. The molecule has 0 amide bonds. The average Bonchev–Trinajstić information content (AvgIpc) is 1.88. The summed E-state index contributed by atoms with van der Waals surface area (Å²) in [6.07, 6.45) is 0. The predicted octanol–water partition coefficient (Wildman–Crippen LogP) is 3.61. The lowest BCUT2D eigenvalue weighted by Gasteiger charge is -2.01. The molecule has 0 nitrogen and oxygen atoms in total. The SMILES string of the molecule is FC(Br)c1cc[c]cc1Br. The van der Waals surface area contributed by atoms with E-state index >= 15 is 0 Å². The minimum absolute atomic E-state index is 0.596. The molecule has 0 heterocycles. The average molecular weight is 267 g/mol. The van der Waals surface area contributed by atoms with Gasteiger partial charge in [0.15, 0.2) is 5.08 Å². The molecule has 0 aromatic heterocycles. The summed E-state index contributed by atoms with van der Waals surface area (Å²) in [4.78, 5) is 0. The minimum Gasteiger partial charge on any atom is -0.230 e. The van der Waals surface area contributed by atoms with Crippen molar-refractivity contribution in [3.8, 4) is 0 Å². The van der Waals surface area contributed by atoms with Crippen molar-refractivity contribution in [2.45, 2.75) is 5.08 Å². The summed E-state index contributed by atoms with van der Waals surface area (Å²) in [5, 5.41) is -1.10. The third kappa shape index (κ3) is 1.80. The molecule has 1 unspecified atom stereocenters. The molecule has 0 N–H and O–H groups in total. The molecule has 1 aromatic rings. The molecule has 10 heavy (non-hydrogen) atoms. The second-order valence-electron chi connectivity index (χ2n) is 1.75. The van der Waals surface area contributed by atoms with Gasteiger partial charge in [-0.2, -0.15) is 0 Å². The second-order valence-corrected chi connectivity index (χ2v) is 3.41. The van der Waals surface area contributed by atoms with Gasteiger partial charge in [0.1, 0.15) is 0 Å². The van der Waals surface area contributed by atoms with Crippen LogP contribution in [0.4, 0.5) is 4.39 Å². The molecule has 1 atom stereocenters. The number of halogens is 3. The van der Waals surface area contributed by atoms with Gasteiger partial charge < -0.3 is 0 Å². The fourth-order valence-corrected chi connectivity index (χ4v) is 1.77. The Balaban J connectivity index is 3.03. The topological polar surface area (TPSA) is 0 Å². The van der Waals surface area contributed by atoms with Crippen LogP contribution in [0.15, 0.2) is 22.7 Å². The van der Waals surface area contributed by atoms with Crippen molar-refractivity contribution in [1.82, 2.24) is 0 Å². The molecule has 0 spiro atoms. The van der Waals surface area contributed by atoms with Crippen LogP contribution in [0, 0.1) is 6.07 Å². The first-order valence-electron chi connectivity index (χ1n) is 2.65. The summed E-state index contributed by atoms with van der Waals surface area (Å²) in [5.41, 5.74) is 0.596. The van der Waals surface area contributed by atoms with Gasteiger partial charge in [-0.05, 0) is 28.1 Å². The molecular formula is C7H4Br2F. The number of benzene rings is 1. The van der Waals surface area contributed by atoms with Gasteiger partial charge in [0.05, 0.1) is 0 Å². The van der Waals surface area contributed by atoms with E-state index < -0.39 is 5.08 Å². The molecule has 0 bridgehead atoms. The van der Waals surface area contributed by atoms with Crippen molar-refractivity contribution in [2.24, 2.45) is 0 Å². The second kappa shape index (κ2) is 3.49. The van der Waals surface area contributed by atoms with Gasteiger partial charge in [0, 0.05) is 10.0 Å². The molecule has 1 radical (unpaired) electrons. The Morgan fingerprint density at radius 1 is 1.60 bits per heavy atom. The van der Waals surface area contributed by atoms with Crippen LogP contribution in [0.25, 0.3) is 0 Å². The fraction of sp³-hybridized carbons (Fsp3) is 0.143. The molecule has 0 saturated heterocycles. The van der Waals surface area contributed by atoms with Crippen LogP contribution in [0.5, 0.6) is 0 Å². The van der Waals surface area contributed by atoms with E-state index in [-0.39, 0.29) is 0 Å². The number of hydrogen-bond acceptors (Lipinski definition) is 0. The largest absolute Gasteiger partial charge is 0.230 e. The van der Waals surface area contributed by atoms with Gasteiger partial charge in [-0.15, -0.1) is 0 Å². The molecule has 0 aliphatic heterocycles. The third-order valence-electron chi connectivity index (χ3n) is 1.08. The highest BCUT2D eigenvalue weighted by molar-refractivity contribution is 9.11. The van der Waals surface area contributed by atoms with Crippen LogP contribution in [0.2, 0.25) is 0 Å². The highest BCUT2D eigenvalue weighted by atomic mass is 79.9. The smallest absolute Gasteiger partial charge is 0.181 e. The highest BCUT2D eigenvalue weighted by Gasteiger charge is 2.06. The van der Waals surface area contributed by atoms with Crippen LogP contribution < -0.4 is 0 Å². The zero-order valence-corrected chi connectivity index (χ0v) is 8.12. The first-order chi connectivity index (χ1) is 4.72. The highest BCUT2D eigenvalue weighted by Crippen LogP contribution is 2.29. The molecule has 53 valence electrons. The summed E-state index contributed by atoms with van der Waals surface area (Å²) < 4.78 is 13.3. The van der Waals surface area contributed by atoms with E-state index in [2.05, 4.69) is 37.9 Å². The number of hydrogen-bond donors (Lipinski definition) is 0. The van der Waals surface area contributed by atoms with E-state index in [1.54, 1.807) is 18.2 Å². The van der Waals surface area contributed by atoms with Gasteiger partial charge in [-0.25, -0.2) is 4.39 Å². The Morgan fingerprint density at radius 2 is 2.30 bits per heavy atom. The number of rotatable bonds is 1. The molecule has 0 aliphatic carbocycles. The van der Waals surface area contributed by atoms with E-state index in [1.165, 1.54) is 0 Å². The van der Waals surface area contributed by atoms with E-state index in [9.17, 15) is 4.39 Å². The van der Waals surface area contributed by atoms with Gasteiger partial charge in [0.2, 0.25) is 0 Å². The van der Waals surface area contributed by atoms with Crippen LogP contribution in [0.3, 0.4) is 0 Å². The quantitative estimate of drug-likeness (QED) is 0.682. The summed E-state index contributed by atoms with van der Waals surface area (Å²) in [7, 11) is 0.